The second-order valence-electron chi connectivity index (χ2n) is 11.6. The van der Waals surface area contributed by atoms with Crippen LogP contribution in [0.3, 0.4) is 0 Å². The molecule has 0 saturated carbocycles. The number of amides is 2. The van der Waals surface area contributed by atoms with Crippen LogP contribution in [0.4, 0.5) is 10.5 Å². The zero-order chi connectivity index (χ0) is 28.4. The summed E-state index contributed by atoms with van der Waals surface area (Å²) in [6.45, 7) is 11.4. The lowest BCUT2D eigenvalue weighted by atomic mass is 9.93. The fourth-order valence-corrected chi connectivity index (χ4v) is 6.06. The van der Waals surface area contributed by atoms with Crippen molar-refractivity contribution in [3.8, 4) is 11.3 Å². The van der Waals surface area contributed by atoms with Crippen LogP contribution in [0.1, 0.15) is 44.2 Å². The fraction of sp³-hybridized carbons (Fsp3) is 0.387. The second-order valence-corrected chi connectivity index (χ2v) is 12.6. The van der Waals surface area contributed by atoms with Crippen LogP contribution in [-0.4, -0.2) is 58.3 Å². The standard InChI is InChI=1S/C31H36N6O3S.ClH/c1-31(2,3)28-18-24(35-40-28)19-32-29(38)33-23-9-7-22(8-10-23)25-20-37-26-11-6-21(17-27(26)41-30(37)34-25)5-4-12-36-13-15-39-16-14-36;/h6-11,17-18,20H,4-5,12-16,19H2,1-3H3,(H2,32,33,38);1H. The van der Waals surface area contributed by atoms with Crippen molar-refractivity contribution in [1.29, 1.82) is 0 Å². The first-order chi connectivity index (χ1) is 19.8. The van der Waals surface area contributed by atoms with Crippen molar-refractivity contribution in [3.05, 3.63) is 71.7 Å². The summed E-state index contributed by atoms with van der Waals surface area (Å²) in [6, 6.07) is 16.1. The summed E-state index contributed by atoms with van der Waals surface area (Å²) in [6.07, 6.45) is 4.32. The molecule has 0 atom stereocenters. The number of hydrogen-bond acceptors (Lipinski definition) is 7. The Hall–Kier alpha value is -3.44. The molecule has 2 N–H and O–H groups in total. The smallest absolute Gasteiger partial charge is 0.319 e. The number of aromatic nitrogens is 3. The minimum absolute atomic E-state index is 0. The van der Waals surface area contributed by atoms with E-state index in [1.807, 2.05) is 30.3 Å². The molecule has 0 bridgehead atoms. The number of urea groups is 1. The van der Waals surface area contributed by atoms with Crippen molar-refractivity contribution < 1.29 is 14.1 Å². The Kier molecular flexibility index (Phi) is 9.17. The summed E-state index contributed by atoms with van der Waals surface area (Å²) in [5.74, 6) is 0.789. The van der Waals surface area contributed by atoms with Gasteiger partial charge in [-0.25, -0.2) is 9.78 Å². The number of aryl methyl sites for hydroxylation is 1. The van der Waals surface area contributed by atoms with Crippen LogP contribution in [-0.2, 0) is 23.1 Å². The molecule has 1 aliphatic rings. The normalized spacial score (nSPS) is 14.3. The highest BCUT2D eigenvalue weighted by atomic mass is 35.5. The number of anilines is 1. The molecule has 1 saturated heterocycles. The first kappa shape index (κ1) is 30.0. The van der Waals surface area contributed by atoms with Crippen LogP contribution in [0.2, 0.25) is 0 Å². The number of rotatable bonds is 8. The first-order valence-electron chi connectivity index (χ1n) is 14.1. The third-order valence-electron chi connectivity index (χ3n) is 7.37. The third-order valence-corrected chi connectivity index (χ3v) is 8.39. The molecule has 222 valence electrons. The molecule has 2 aromatic carbocycles. The molecule has 0 radical (unpaired) electrons. The Labute approximate surface area is 255 Å². The van der Waals surface area contributed by atoms with Gasteiger partial charge in [-0.15, -0.1) is 12.4 Å². The molecular weight excluding hydrogens is 572 g/mol. The monoisotopic (exact) mass is 608 g/mol. The highest BCUT2D eigenvalue weighted by molar-refractivity contribution is 7.23. The van der Waals surface area contributed by atoms with Gasteiger partial charge in [0, 0.05) is 42.0 Å². The molecule has 2 amide bonds. The van der Waals surface area contributed by atoms with Gasteiger partial charge in [0.15, 0.2) is 4.96 Å². The largest absolute Gasteiger partial charge is 0.379 e. The van der Waals surface area contributed by atoms with Gasteiger partial charge in [0.2, 0.25) is 0 Å². The van der Waals surface area contributed by atoms with E-state index in [1.165, 1.54) is 15.8 Å². The van der Waals surface area contributed by atoms with Crippen molar-refractivity contribution in [2.24, 2.45) is 0 Å². The predicted octanol–water partition coefficient (Wildman–Crippen LogP) is 6.51. The van der Waals surface area contributed by atoms with Gasteiger partial charge in [0.1, 0.15) is 11.5 Å². The molecule has 9 nitrogen and oxygen atoms in total. The summed E-state index contributed by atoms with van der Waals surface area (Å²) < 4.78 is 14.3. The molecular formula is C31H37ClN6O3S. The van der Waals surface area contributed by atoms with Crippen LogP contribution < -0.4 is 10.6 Å². The van der Waals surface area contributed by atoms with E-state index < -0.39 is 0 Å². The number of halogens is 1. The summed E-state index contributed by atoms with van der Waals surface area (Å²) >= 11 is 1.72. The van der Waals surface area contributed by atoms with Crippen LogP contribution in [0.25, 0.3) is 26.4 Å². The number of nitrogens with one attached hydrogen (secondary N) is 2. The number of imidazole rings is 1. The number of carbonyl (C=O) groups excluding carboxylic acids is 1. The van der Waals surface area contributed by atoms with Crippen molar-refractivity contribution in [1.82, 2.24) is 24.8 Å². The summed E-state index contributed by atoms with van der Waals surface area (Å²) in [5, 5.41) is 9.74. The van der Waals surface area contributed by atoms with Crippen molar-refractivity contribution in [2.75, 3.05) is 38.2 Å². The SMILES string of the molecule is CC(C)(C)c1cc(CNC(=O)Nc2ccc(-c3cn4c(n3)sc3cc(CCCN5CCOCC5)ccc34)cc2)no1.Cl. The molecule has 0 aliphatic carbocycles. The van der Waals surface area contributed by atoms with E-state index in [0.717, 1.165) is 67.7 Å². The molecule has 0 spiro atoms. The number of fused-ring (bicyclic) bond motifs is 3. The van der Waals surface area contributed by atoms with Gasteiger partial charge in [-0.05, 0) is 49.2 Å². The van der Waals surface area contributed by atoms with Crippen molar-refractivity contribution in [2.45, 2.75) is 45.6 Å². The van der Waals surface area contributed by atoms with Crippen LogP contribution >= 0.6 is 23.7 Å². The van der Waals surface area contributed by atoms with Crippen molar-refractivity contribution in [3.63, 3.8) is 0 Å². The van der Waals surface area contributed by atoms with E-state index in [9.17, 15) is 4.79 Å². The average molecular weight is 609 g/mol. The quantitative estimate of drug-likeness (QED) is 0.208. The summed E-state index contributed by atoms with van der Waals surface area (Å²) in [7, 11) is 0. The topological polar surface area (TPSA) is 96.9 Å². The minimum atomic E-state index is -0.299. The molecule has 1 aliphatic heterocycles. The lowest BCUT2D eigenvalue weighted by Gasteiger charge is -2.26. The number of ether oxygens (including phenoxy) is 1. The van der Waals surface area contributed by atoms with E-state index in [-0.39, 0.29) is 23.9 Å². The maximum absolute atomic E-state index is 12.4. The number of nitrogens with zero attached hydrogens (tertiary/aromatic N) is 4. The Morgan fingerprint density at radius 1 is 1.07 bits per heavy atom. The maximum Gasteiger partial charge on any atom is 0.319 e. The number of morpholine rings is 1. The number of thiazole rings is 1. The van der Waals surface area contributed by atoms with Crippen LogP contribution in [0.5, 0.6) is 0 Å². The van der Waals surface area contributed by atoms with Gasteiger partial charge in [-0.1, -0.05) is 55.5 Å². The fourth-order valence-electron chi connectivity index (χ4n) is 4.99. The van der Waals surface area contributed by atoms with Crippen LogP contribution in [0, 0.1) is 0 Å². The highest BCUT2D eigenvalue weighted by Gasteiger charge is 2.20. The maximum atomic E-state index is 12.4. The van der Waals surface area contributed by atoms with E-state index >= 15 is 0 Å². The molecule has 0 unspecified atom stereocenters. The van der Waals surface area contributed by atoms with E-state index in [2.05, 4.69) is 70.3 Å². The minimum Gasteiger partial charge on any atom is -0.379 e. The van der Waals surface area contributed by atoms with Gasteiger partial charge >= 0.3 is 6.03 Å². The highest BCUT2D eigenvalue weighted by Crippen LogP contribution is 2.31. The van der Waals surface area contributed by atoms with E-state index in [1.54, 1.807) is 11.3 Å². The van der Waals surface area contributed by atoms with E-state index in [4.69, 9.17) is 14.2 Å². The lowest BCUT2D eigenvalue weighted by molar-refractivity contribution is 0.0375. The third kappa shape index (κ3) is 6.95. The number of benzene rings is 2. The van der Waals surface area contributed by atoms with Gasteiger partial charge in [-0.3, -0.25) is 9.30 Å². The van der Waals surface area contributed by atoms with Crippen molar-refractivity contribution >= 4 is 50.6 Å². The number of carbonyl (C=O) groups is 1. The Morgan fingerprint density at radius 2 is 1.86 bits per heavy atom. The molecule has 4 heterocycles. The van der Waals surface area contributed by atoms with E-state index in [0.29, 0.717) is 17.9 Å². The zero-order valence-corrected chi connectivity index (χ0v) is 25.8. The van der Waals surface area contributed by atoms with Gasteiger partial charge in [0.05, 0.1) is 35.7 Å². The van der Waals surface area contributed by atoms with Gasteiger partial charge in [-0.2, -0.15) is 0 Å². The molecule has 42 heavy (non-hydrogen) atoms. The molecule has 1 fully saturated rings. The average Bonchev–Trinajstić information content (AvgIpc) is 3.68. The van der Waals surface area contributed by atoms with Crippen LogP contribution in [0.15, 0.2) is 59.3 Å². The molecule has 11 heteroatoms. The summed E-state index contributed by atoms with van der Waals surface area (Å²) in [5.41, 5.74) is 5.72. The first-order valence-corrected chi connectivity index (χ1v) is 15.0. The lowest BCUT2D eigenvalue weighted by Crippen LogP contribution is -2.36. The Bertz CT molecular complexity index is 1650. The number of hydrogen-bond donors (Lipinski definition) is 2. The summed E-state index contributed by atoms with van der Waals surface area (Å²) in [4.78, 5) is 20.8. The van der Waals surface area contributed by atoms with Gasteiger partial charge < -0.3 is 19.9 Å². The second kappa shape index (κ2) is 12.8. The Morgan fingerprint density at radius 3 is 2.60 bits per heavy atom. The molecule has 6 rings (SSSR count). The molecule has 5 aromatic rings. The molecule has 3 aromatic heterocycles. The zero-order valence-electron chi connectivity index (χ0n) is 24.2. The predicted molar refractivity (Wildman–Crippen MR) is 170 cm³/mol. The Balaban J connectivity index is 0.00000353. The van der Waals surface area contributed by atoms with Gasteiger partial charge in [0.25, 0.3) is 0 Å².